The molecule has 0 radical (unpaired) electrons. The van der Waals surface area contributed by atoms with Gasteiger partial charge in [-0.15, -0.1) is 11.1 Å². The van der Waals surface area contributed by atoms with Gasteiger partial charge in [-0.3, -0.25) is 4.79 Å². The first kappa shape index (κ1) is 6.14. The molecule has 0 heterocycles. The Labute approximate surface area is 41.0 Å². The minimum Gasteiger partial charge on any atom is -0.272 e. The van der Waals surface area contributed by atoms with E-state index in [4.69, 9.17) is 0 Å². The third-order valence-electron chi connectivity index (χ3n) is 0.435. The Morgan fingerprint density at radius 1 is 2.00 bits per heavy atom. The molecule has 0 saturated carbocycles. The lowest BCUT2D eigenvalue weighted by atomic mass is 10.4. The van der Waals surface area contributed by atoms with Crippen LogP contribution in [0.1, 0.15) is 6.42 Å². The molecule has 1 N–H and O–H groups in total. The van der Waals surface area contributed by atoms with Gasteiger partial charge in [-0.1, -0.05) is 6.08 Å². The van der Waals surface area contributed by atoms with Crippen molar-refractivity contribution in [1.29, 1.82) is 0 Å². The van der Waals surface area contributed by atoms with Gasteiger partial charge in [0.15, 0.2) is 0 Å². The van der Waals surface area contributed by atoms with E-state index in [9.17, 15) is 9.28 Å². The predicted octanol–water partition coefficient (Wildman–Crippen LogP) is 0.563. The van der Waals surface area contributed by atoms with Crippen molar-refractivity contribution in [3.8, 4) is 0 Å². The highest BCUT2D eigenvalue weighted by molar-refractivity contribution is 5.75. The lowest BCUT2D eigenvalue weighted by Gasteiger charge is -1.84. The SMILES string of the molecule is C=CCC(=O)NF. The molecule has 0 aliphatic carbocycles. The highest BCUT2D eigenvalue weighted by Crippen LogP contribution is 1.76. The van der Waals surface area contributed by atoms with Gasteiger partial charge in [-0.25, -0.2) is 0 Å². The van der Waals surface area contributed by atoms with Crippen LogP contribution in [-0.4, -0.2) is 5.91 Å². The minimum absolute atomic E-state index is 0.0382. The summed E-state index contributed by atoms with van der Waals surface area (Å²) in [7, 11) is 0. The number of rotatable bonds is 2. The van der Waals surface area contributed by atoms with Crippen molar-refractivity contribution in [2.24, 2.45) is 0 Å². The molecule has 0 aromatic heterocycles. The van der Waals surface area contributed by atoms with Crippen LogP contribution in [0.15, 0.2) is 12.7 Å². The maximum Gasteiger partial charge on any atom is 0.251 e. The first-order chi connectivity index (χ1) is 3.31. The Hall–Kier alpha value is -0.860. The molecule has 2 nitrogen and oxygen atoms in total. The fourth-order valence-corrected chi connectivity index (χ4v) is 0.170. The fourth-order valence-electron chi connectivity index (χ4n) is 0.170. The summed E-state index contributed by atoms with van der Waals surface area (Å²) < 4.78 is 10.9. The lowest BCUT2D eigenvalue weighted by Crippen LogP contribution is -2.10. The van der Waals surface area contributed by atoms with Gasteiger partial charge in [0.2, 0.25) is 0 Å². The van der Waals surface area contributed by atoms with Gasteiger partial charge in [0.05, 0.1) is 0 Å². The third-order valence-corrected chi connectivity index (χ3v) is 0.435. The monoisotopic (exact) mass is 103 g/mol. The topological polar surface area (TPSA) is 29.1 Å². The van der Waals surface area contributed by atoms with E-state index in [1.54, 1.807) is 0 Å². The average Bonchev–Trinajstić information content (AvgIpc) is 1.68. The molecule has 40 valence electrons. The van der Waals surface area contributed by atoms with E-state index in [0.29, 0.717) is 0 Å². The fraction of sp³-hybridized carbons (Fsp3) is 0.250. The number of halogens is 1. The Kier molecular flexibility index (Phi) is 2.92. The Morgan fingerprint density at radius 3 is 2.71 bits per heavy atom. The zero-order chi connectivity index (χ0) is 5.70. The molecule has 0 atom stereocenters. The Bertz CT molecular complexity index is 81.8. The summed E-state index contributed by atoms with van der Waals surface area (Å²) in [4.78, 5) is 9.85. The van der Waals surface area contributed by atoms with Crippen molar-refractivity contribution in [1.82, 2.24) is 5.54 Å². The molecule has 0 bridgehead atoms. The summed E-state index contributed by atoms with van der Waals surface area (Å²) >= 11 is 0. The summed E-state index contributed by atoms with van der Waals surface area (Å²) in [6.07, 6.45) is 1.37. The van der Waals surface area contributed by atoms with Crippen LogP contribution in [0, 0.1) is 0 Å². The van der Waals surface area contributed by atoms with Gasteiger partial charge >= 0.3 is 0 Å². The molecule has 1 amide bonds. The second kappa shape index (κ2) is 3.33. The van der Waals surface area contributed by atoms with Crippen LogP contribution in [0.2, 0.25) is 0 Å². The van der Waals surface area contributed by atoms with Crippen molar-refractivity contribution < 1.29 is 9.28 Å². The van der Waals surface area contributed by atoms with E-state index < -0.39 is 5.91 Å². The van der Waals surface area contributed by atoms with Gasteiger partial charge in [0.1, 0.15) is 0 Å². The van der Waals surface area contributed by atoms with Crippen LogP contribution < -0.4 is 5.54 Å². The summed E-state index contributed by atoms with van der Waals surface area (Å²) in [5, 5.41) is 0. The molecule has 0 spiro atoms. The number of hydrogen-bond donors (Lipinski definition) is 1. The predicted molar refractivity (Wildman–Crippen MR) is 24.1 cm³/mol. The quantitative estimate of drug-likeness (QED) is 0.401. The van der Waals surface area contributed by atoms with E-state index >= 15 is 0 Å². The maximum absolute atomic E-state index is 10.9. The zero-order valence-electron chi connectivity index (χ0n) is 3.78. The summed E-state index contributed by atoms with van der Waals surface area (Å²) in [6, 6.07) is 0. The minimum atomic E-state index is -0.657. The molecular formula is C4H6FNO. The number of hydrogen-bond acceptors (Lipinski definition) is 1. The Morgan fingerprint density at radius 2 is 2.57 bits per heavy atom. The smallest absolute Gasteiger partial charge is 0.251 e. The molecule has 0 aliphatic heterocycles. The van der Waals surface area contributed by atoms with Crippen LogP contribution in [0.25, 0.3) is 0 Å². The van der Waals surface area contributed by atoms with Crippen LogP contribution in [0.5, 0.6) is 0 Å². The molecule has 3 heteroatoms. The van der Waals surface area contributed by atoms with Crippen molar-refractivity contribution >= 4 is 5.91 Å². The zero-order valence-corrected chi connectivity index (χ0v) is 3.78. The number of carbonyl (C=O) groups is 1. The molecule has 7 heavy (non-hydrogen) atoms. The van der Waals surface area contributed by atoms with E-state index in [1.165, 1.54) is 6.08 Å². The van der Waals surface area contributed by atoms with Crippen LogP contribution in [0.3, 0.4) is 0 Å². The van der Waals surface area contributed by atoms with E-state index in [2.05, 4.69) is 6.58 Å². The lowest BCUT2D eigenvalue weighted by molar-refractivity contribution is -0.124. The number of carbonyl (C=O) groups excluding carboxylic acids is 1. The second-order valence-corrected chi connectivity index (χ2v) is 1.01. The van der Waals surface area contributed by atoms with Gasteiger partial charge in [0.25, 0.3) is 5.91 Å². The molecule has 0 aromatic carbocycles. The van der Waals surface area contributed by atoms with Gasteiger partial charge in [-0.05, 0) is 0 Å². The van der Waals surface area contributed by atoms with Crippen LogP contribution >= 0.6 is 0 Å². The molecule has 0 saturated heterocycles. The van der Waals surface area contributed by atoms with Crippen molar-refractivity contribution in [2.45, 2.75) is 6.42 Å². The normalized spacial score (nSPS) is 7.57. The van der Waals surface area contributed by atoms with Crippen LogP contribution in [0.4, 0.5) is 4.48 Å². The summed E-state index contributed by atoms with van der Waals surface area (Å²) in [5.41, 5.74) is 0.956. The molecule has 0 aromatic rings. The average molecular weight is 103 g/mol. The molecule has 0 unspecified atom stereocenters. The Balaban J connectivity index is 3.17. The van der Waals surface area contributed by atoms with E-state index in [0.717, 1.165) is 5.54 Å². The number of amides is 1. The first-order valence-corrected chi connectivity index (χ1v) is 1.81. The van der Waals surface area contributed by atoms with E-state index in [1.807, 2.05) is 0 Å². The molecular weight excluding hydrogens is 97.0 g/mol. The van der Waals surface area contributed by atoms with Gasteiger partial charge in [0, 0.05) is 6.42 Å². The molecule has 0 fully saturated rings. The van der Waals surface area contributed by atoms with Crippen molar-refractivity contribution in [2.75, 3.05) is 0 Å². The second-order valence-electron chi connectivity index (χ2n) is 1.01. The van der Waals surface area contributed by atoms with Gasteiger partial charge in [-0.2, -0.15) is 5.54 Å². The molecule has 0 aliphatic rings. The van der Waals surface area contributed by atoms with Gasteiger partial charge < -0.3 is 0 Å². The molecule has 0 rings (SSSR count). The van der Waals surface area contributed by atoms with Crippen molar-refractivity contribution in [3.05, 3.63) is 12.7 Å². The van der Waals surface area contributed by atoms with E-state index in [-0.39, 0.29) is 6.42 Å². The number of nitrogens with one attached hydrogen (secondary N) is 1. The summed E-state index contributed by atoms with van der Waals surface area (Å²) in [6.45, 7) is 3.22. The first-order valence-electron chi connectivity index (χ1n) is 1.81. The standard InChI is InChI=1S/C4H6FNO/c1-2-3-4(7)6-5/h2H,1,3H2,(H,6,7). The highest BCUT2D eigenvalue weighted by Gasteiger charge is 1.90. The highest BCUT2D eigenvalue weighted by atomic mass is 19.2. The largest absolute Gasteiger partial charge is 0.272 e. The maximum atomic E-state index is 10.9. The summed E-state index contributed by atoms with van der Waals surface area (Å²) in [5.74, 6) is -0.657. The van der Waals surface area contributed by atoms with Crippen LogP contribution in [-0.2, 0) is 4.79 Å². The van der Waals surface area contributed by atoms with Crippen molar-refractivity contribution in [3.63, 3.8) is 0 Å². The third kappa shape index (κ3) is 2.96.